The minimum Gasteiger partial charge on any atom is -0.269 e. The predicted molar refractivity (Wildman–Crippen MR) is 55.6 cm³/mol. The first-order chi connectivity index (χ1) is 7.34. The molecule has 0 unspecified atom stereocenters. The molecule has 1 N–H and O–H groups in total. The van der Waals surface area contributed by atoms with E-state index in [1.165, 1.54) is 38.5 Å². The maximum atomic E-state index is 4.27. The summed E-state index contributed by atoms with van der Waals surface area (Å²) in [5.41, 5.74) is 3.37. The molecule has 5 rings (SSSR count). The molecule has 1 heterocycles. The van der Waals surface area contributed by atoms with Crippen LogP contribution in [0.2, 0.25) is 0 Å². The Kier molecular flexibility index (Phi) is 1.48. The largest absolute Gasteiger partial charge is 0.269 e. The fourth-order valence-electron chi connectivity index (χ4n) is 4.86. The van der Waals surface area contributed by atoms with E-state index in [4.69, 9.17) is 0 Å². The second kappa shape index (κ2) is 2.66. The molecule has 0 atom stereocenters. The summed E-state index contributed by atoms with van der Waals surface area (Å²) in [6.45, 7) is 0.839. The molecule has 0 amide bonds. The van der Waals surface area contributed by atoms with Crippen molar-refractivity contribution in [1.82, 2.24) is 10.4 Å². The van der Waals surface area contributed by atoms with Crippen molar-refractivity contribution in [3.8, 4) is 0 Å². The van der Waals surface area contributed by atoms with Crippen molar-refractivity contribution < 1.29 is 0 Å². The lowest BCUT2D eigenvalue weighted by molar-refractivity contribution is -0.0859. The Morgan fingerprint density at radius 1 is 1.00 bits per heavy atom. The molecule has 0 spiro atoms. The van der Waals surface area contributed by atoms with Crippen LogP contribution in [0.15, 0.2) is 10.4 Å². The molecule has 5 aliphatic rings. The van der Waals surface area contributed by atoms with Crippen LogP contribution in [-0.4, -0.2) is 17.2 Å². The third-order valence-electron chi connectivity index (χ3n) is 5.00. The van der Waals surface area contributed by atoms with Crippen LogP contribution in [0.3, 0.4) is 0 Å². The van der Waals surface area contributed by atoms with E-state index in [1.807, 2.05) is 0 Å². The van der Waals surface area contributed by atoms with E-state index in [9.17, 15) is 0 Å². The number of nitrogens with one attached hydrogen (secondary N) is 1. The Morgan fingerprint density at radius 3 is 2.07 bits per heavy atom. The molecule has 4 aliphatic carbocycles. The Balaban J connectivity index is 1.68. The average molecular weight is 206 g/mol. The van der Waals surface area contributed by atoms with Crippen LogP contribution >= 0.6 is 0 Å². The summed E-state index contributed by atoms with van der Waals surface area (Å²) in [7, 11) is 0. The Hall–Kier alpha value is -0.800. The quantitative estimate of drug-likeness (QED) is 0.713. The Bertz CT molecular complexity index is 276. The van der Waals surface area contributed by atoms with E-state index < -0.39 is 0 Å². The van der Waals surface area contributed by atoms with Gasteiger partial charge in [0.15, 0.2) is 0 Å². The maximum Gasteiger partial charge on any atom is 0.124 e. The van der Waals surface area contributed by atoms with Crippen molar-refractivity contribution >= 4 is 0 Å². The van der Waals surface area contributed by atoms with Gasteiger partial charge in [0.05, 0.1) is 5.54 Å². The molecule has 4 saturated carbocycles. The summed E-state index contributed by atoms with van der Waals surface area (Å²) < 4.78 is 0. The molecular weight excluding hydrogens is 188 g/mol. The Morgan fingerprint density at radius 2 is 1.60 bits per heavy atom. The van der Waals surface area contributed by atoms with Gasteiger partial charge in [0.1, 0.15) is 6.67 Å². The molecule has 0 radical (unpaired) electrons. The molecule has 4 heteroatoms. The monoisotopic (exact) mass is 206 g/mol. The van der Waals surface area contributed by atoms with Crippen molar-refractivity contribution in [2.75, 3.05) is 6.67 Å². The summed E-state index contributed by atoms with van der Waals surface area (Å²) in [6.07, 6.45) is 8.62. The van der Waals surface area contributed by atoms with Crippen LogP contribution in [0, 0.1) is 17.8 Å². The first kappa shape index (κ1) is 8.36. The van der Waals surface area contributed by atoms with Gasteiger partial charge in [-0.3, -0.25) is 5.43 Å². The van der Waals surface area contributed by atoms with Gasteiger partial charge in [-0.1, -0.05) is 10.4 Å². The van der Waals surface area contributed by atoms with Gasteiger partial charge in [0, 0.05) is 0 Å². The average Bonchev–Trinajstić information content (AvgIpc) is 2.67. The molecule has 4 bridgehead atoms. The van der Waals surface area contributed by atoms with E-state index in [1.54, 1.807) is 0 Å². The fraction of sp³-hybridized carbons (Fsp3) is 1.00. The summed E-state index contributed by atoms with van der Waals surface area (Å²) in [6, 6.07) is 0. The molecule has 0 saturated heterocycles. The third kappa shape index (κ3) is 1.08. The topological polar surface area (TPSA) is 40.0 Å². The van der Waals surface area contributed by atoms with Crippen molar-refractivity contribution in [2.45, 2.75) is 44.1 Å². The first-order valence-electron chi connectivity index (χ1n) is 6.25. The highest BCUT2D eigenvalue weighted by molar-refractivity contribution is 5.06. The molecule has 0 aromatic rings. The van der Waals surface area contributed by atoms with Crippen molar-refractivity contribution in [3.05, 3.63) is 0 Å². The van der Waals surface area contributed by atoms with Gasteiger partial charge in [0.2, 0.25) is 0 Å². The molecular formula is C11H18N4. The van der Waals surface area contributed by atoms with Gasteiger partial charge in [-0.05, 0) is 56.3 Å². The van der Waals surface area contributed by atoms with E-state index in [0.29, 0.717) is 5.54 Å². The lowest BCUT2D eigenvalue weighted by Gasteiger charge is -2.58. The van der Waals surface area contributed by atoms with E-state index >= 15 is 0 Å². The van der Waals surface area contributed by atoms with Gasteiger partial charge in [0.25, 0.3) is 0 Å². The molecule has 0 aromatic carbocycles. The van der Waals surface area contributed by atoms with Gasteiger partial charge < -0.3 is 0 Å². The number of rotatable bonds is 1. The minimum atomic E-state index is 0.391. The molecule has 0 aromatic heterocycles. The van der Waals surface area contributed by atoms with Gasteiger partial charge in [-0.15, -0.1) is 0 Å². The lowest BCUT2D eigenvalue weighted by atomic mass is 9.53. The highest BCUT2D eigenvalue weighted by Crippen LogP contribution is 2.57. The van der Waals surface area contributed by atoms with Crippen LogP contribution in [0.25, 0.3) is 0 Å². The maximum absolute atomic E-state index is 4.27. The molecule has 1 aliphatic heterocycles. The van der Waals surface area contributed by atoms with Gasteiger partial charge in [-0.2, -0.15) is 0 Å². The first-order valence-corrected chi connectivity index (χ1v) is 6.25. The normalized spacial score (nSPS) is 51.2. The van der Waals surface area contributed by atoms with Gasteiger partial charge >= 0.3 is 0 Å². The lowest BCUT2D eigenvalue weighted by Crippen LogP contribution is -2.58. The highest BCUT2D eigenvalue weighted by atomic mass is 15.7. The van der Waals surface area contributed by atoms with Crippen LogP contribution < -0.4 is 5.43 Å². The predicted octanol–water partition coefficient (Wildman–Crippen LogP) is 2.10. The molecule has 4 nitrogen and oxygen atoms in total. The van der Waals surface area contributed by atoms with Crippen LogP contribution in [0.5, 0.6) is 0 Å². The van der Waals surface area contributed by atoms with Crippen LogP contribution in [0.1, 0.15) is 38.5 Å². The molecule has 4 fully saturated rings. The number of hydrogen-bond acceptors (Lipinski definition) is 4. The summed E-state index contributed by atoms with van der Waals surface area (Å²) in [5, 5.41) is 10.4. The number of hydrogen-bond donors (Lipinski definition) is 1. The zero-order valence-corrected chi connectivity index (χ0v) is 9.02. The number of nitrogens with zero attached hydrogens (tertiary/aromatic N) is 3. The van der Waals surface area contributed by atoms with Crippen molar-refractivity contribution in [3.63, 3.8) is 0 Å². The summed E-state index contributed by atoms with van der Waals surface area (Å²) >= 11 is 0. The summed E-state index contributed by atoms with van der Waals surface area (Å²) in [5.74, 6) is 2.98. The summed E-state index contributed by atoms with van der Waals surface area (Å²) in [4.78, 5) is 0. The second-order valence-corrected chi connectivity index (χ2v) is 6.05. The Labute approximate surface area is 90.1 Å². The van der Waals surface area contributed by atoms with Crippen molar-refractivity contribution in [1.29, 1.82) is 0 Å². The zero-order valence-electron chi connectivity index (χ0n) is 9.02. The molecule has 82 valence electrons. The van der Waals surface area contributed by atoms with Crippen LogP contribution in [-0.2, 0) is 0 Å². The van der Waals surface area contributed by atoms with Gasteiger partial charge in [-0.25, -0.2) is 5.01 Å². The smallest absolute Gasteiger partial charge is 0.124 e. The highest BCUT2D eigenvalue weighted by Gasteiger charge is 2.54. The third-order valence-corrected chi connectivity index (χ3v) is 5.00. The second-order valence-electron chi connectivity index (χ2n) is 6.05. The SMILES string of the molecule is C1C2CC3CC1CC(N1CNN=N1)(C2)C3. The molecule has 15 heavy (non-hydrogen) atoms. The fourth-order valence-corrected chi connectivity index (χ4v) is 4.86. The van der Waals surface area contributed by atoms with E-state index in [2.05, 4.69) is 20.9 Å². The van der Waals surface area contributed by atoms with E-state index in [-0.39, 0.29) is 0 Å². The minimum absolute atomic E-state index is 0.391. The standard InChI is InChI=1S/C11H18N4/c1-8-2-10-3-9(1)5-11(4-8,6-10)15-7-12-13-14-15/h8-10H,1-7H2,(H,12,14). The van der Waals surface area contributed by atoms with Crippen LogP contribution in [0.4, 0.5) is 0 Å². The zero-order chi connectivity index (χ0) is 9.88. The van der Waals surface area contributed by atoms with E-state index in [0.717, 1.165) is 24.4 Å². The van der Waals surface area contributed by atoms with Crippen molar-refractivity contribution in [2.24, 2.45) is 28.2 Å².